The molecule has 0 atom stereocenters. The van der Waals surface area contributed by atoms with Crippen molar-refractivity contribution in [1.29, 1.82) is 0 Å². The Balaban J connectivity index is 1.61. The molecule has 3 nitrogen and oxygen atoms in total. The van der Waals surface area contributed by atoms with E-state index in [1.165, 1.54) is 16.3 Å². The Labute approximate surface area is 139 Å². The minimum Gasteiger partial charge on any atom is -0.493 e. The maximum atomic E-state index is 6.09. The van der Waals surface area contributed by atoms with Crippen LogP contribution in [0.5, 0.6) is 5.75 Å². The predicted molar refractivity (Wildman–Crippen MR) is 95.4 cm³/mol. The Morgan fingerprint density at radius 3 is 2.74 bits per heavy atom. The van der Waals surface area contributed by atoms with E-state index in [0.29, 0.717) is 5.92 Å². The summed E-state index contributed by atoms with van der Waals surface area (Å²) in [6, 6.07) is 13.0. The number of benzene rings is 2. The molecule has 3 rings (SSSR count). The fourth-order valence-electron chi connectivity index (χ4n) is 3.04. The van der Waals surface area contributed by atoms with Gasteiger partial charge in [-0.3, -0.25) is 4.90 Å². The molecule has 3 heteroatoms. The summed E-state index contributed by atoms with van der Waals surface area (Å²) in [5.41, 5.74) is 1.36. The summed E-state index contributed by atoms with van der Waals surface area (Å²) in [5, 5.41) is 2.48. The largest absolute Gasteiger partial charge is 0.493 e. The van der Waals surface area contributed by atoms with Crippen molar-refractivity contribution in [3.63, 3.8) is 0 Å². The molecule has 0 spiro atoms. The summed E-state index contributed by atoms with van der Waals surface area (Å²) in [7, 11) is 0. The maximum absolute atomic E-state index is 6.09. The van der Waals surface area contributed by atoms with Gasteiger partial charge in [-0.05, 0) is 35.4 Å². The molecule has 0 saturated carbocycles. The predicted octanol–water partition coefficient (Wildman–Crippen LogP) is 4.06. The van der Waals surface area contributed by atoms with Crippen LogP contribution in [0.3, 0.4) is 0 Å². The molecule has 0 unspecified atom stereocenters. The summed E-state index contributed by atoms with van der Waals surface area (Å²) >= 11 is 0. The van der Waals surface area contributed by atoms with Crippen molar-refractivity contribution < 1.29 is 9.47 Å². The Morgan fingerprint density at radius 2 is 1.96 bits per heavy atom. The quantitative estimate of drug-likeness (QED) is 0.751. The van der Waals surface area contributed by atoms with Gasteiger partial charge in [0.15, 0.2) is 0 Å². The first-order chi connectivity index (χ1) is 11.2. The lowest BCUT2D eigenvalue weighted by Crippen LogP contribution is -2.37. The van der Waals surface area contributed by atoms with Crippen molar-refractivity contribution in [2.45, 2.75) is 26.2 Å². The zero-order valence-corrected chi connectivity index (χ0v) is 14.3. The minimum absolute atomic E-state index is 0.536. The topological polar surface area (TPSA) is 21.7 Å². The Hall–Kier alpha value is -1.58. The SMILES string of the molecule is CC(C)c1ccc2cccc(OCCCN3CCOCC3)c2c1. The number of rotatable bonds is 6. The molecule has 0 bridgehead atoms. The Bertz CT molecular complexity index is 633. The zero-order valence-electron chi connectivity index (χ0n) is 14.3. The molecular formula is C20H27NO2. The van der Waals surface area contributed by atoms with Crippen molar-refractivity contribution in [3.05, 3.63) is 42.0 Å². The number of nitrogens with zero attached hydrogens (tertiary/aromatic N) is 1. The average Bonchev–Trinajstić information content (AvgIpc) is 2.59. The highest BCUT2D eigenvalue weighted by Gasteiger charge is 2.10. The van der Waals surface area contributed by atoms with Gasteiger partial charge in [-0.15, -0.1) is 0 Å². The maximum Gasteiger partial charge on any atom is 0.127 e. The smallest absolute Gasteiger partial charge is 0.127 e. The first-order valence-corrected chi connectivity index (χ1v) is 8.69. The van der Waals surface area contributed by atoms with E-state index in [1.54, 1.807) is 0 Å². The number of hydrogen-bond donors (Lipinski definition) is 0. The van der Waals surface area contributed by atoms with Crippen molar-refractivity contribution in [1.82, 2.24) is 4.90 Å². The van der Waals surface area contributed by atoms with Crippen LogP contribution < -0.4 is 4.74 Å². The first-order valence-electron chi connectivity index (χ1n) is 8.69. The van der Waals surface area contributed by atoms with Gasteiger partial charge in [-0.1, -0.05) is 38.1 Å². The molecule has 0 radical (unpaired) electrons. The van der Waals surface area contributed by atoms with Crippen molar-refractivity contribution >= 4 is 10.8 Å². The van der Waals surface area contributed by atoms with Gasteiger partial charge in [0, 0.05) is 25.0 Å². The van der Waals surface area contributed by atoms with Gasteiger partial charge in [-0.2, -0.15) is 0 Å². The zero-order chi connectivity index (χ0) is 16.1. The van der Waals surface area contributed by atoms with Crippen LogP contribution in [0, 0.1) is 0 Å². The molecular weight excluding hydrogens is 286 g/mol. The Morgan fingerprint density at radius 1 is 1.13 bits per heavy atom. The van der Waals surface area contributed by atoms with Crippen LogP contribution in [0.2, 0.25) is 0 Å². The molecule has 2 aromatic carbocycles. The van der Waals surface area contributed by atoms with E-state index in [4.69, 9.17) is 9.47 Å². The Kier molecular flexibility index (Phi) is 5.52. The van der Waals surface area contributed by atoms with Gasteiger partial charge in [0.25, 0.3) is 0 Å². The molecule has 1 aliphatic heterocycles. The second-order valence-electron chi connectivity index (χ2n) is 6.55. The van der Waals surface area contributed by atoms with E-state index in [0.717, 1.165) is 51.6 Å². The fourth-order valence-corrected chi connectivity index (χ4v) is 3.04. The fraction of sp³-hybridized carbons (Fsp3) is 0.500. The highest BCUT2D eigenvalue weighted by molar-refractivity contribution is 5.89. The first kappa shape index (κ1) is 16.3. The highest BCUT2D eigenvalue weighted by Crippen LogP contribution is 2.29. The summed E-state index contributed by atoms with van der Waals surface area (Å²) in [4.78, 5) is 2.45. The van der Waals surface area contributed by atoms with Crippen LogP contribution in [-0.4, -0.2) is 44.4 Å². The molecule has 1 saturated heterocycles. The van der Waals surface area contributed by atoms with Crippen molar-refractivity contribution in [3.8, 4) is 5.75 Å². The number of ether oxygens (including phenoxy) is 2. The van der Waals surface area contributed by atoms with Crippen LogP contribution in [0.1, 0.15) is 31.7 Å². The van der Waals surface area contributed by atoms with Gasteiger partial charge >= 0.3 is 0 Å². The van der Waals surface area contributed by atoms with Crippen LogP contribution in [0.25, 0.3) is 10.8 Å². The highest BCUT2D eigenvalue weighted by atomic mass is 16.5. The monoisotopic (exact) mass is 313 g/mol. The van der Waals surface area contributed by atoms with E-state index >= 15 is 0 Å². The number of fused-ring (bicyclic) bond motifs is 1. The lowest BCUT2D eigenvalue weighted by Gasteiger charge is -2.26. The van der Waals surface area contributed by atoms with Crippen LogP contribution in [0.4, 0.5) is 0 Å². The lowest BCUT2D eigenvalue weighted by molar-refractivity contribution is 0.0358. The van der Waals surface area contributed by atoms with Gasteiger partial charge < -0.3 is 9.47 Å². The minimum atomic E-state index is 0.536. The molecule has 1 heterocycles. The van der Waals surface area contributed by atoms with E-state index in [9.17, 15) is 0 Å². The summed E-state index contributed by atoms with van der Waals surface area (Å²) in [5.74, 6) is 1.54. The van der Waals surface area contributed by atoms with Crippen LogP contribution in [0.15, 0.2) is 36.4 Å². The molecule has 0 N–H and O–H groups in total. The van der Waals surface area contributed by atoms with E-state index in [-0.39, 0.29) is 0 Å². The second kappa shape index (κ2) is 7.80. The third-order valence-electron chi connectivity index (χ3n) is 4.51. The standard InChI is InChI=1S/C20H27NO2/c1-16(2)18-8-7-17-5-3-6-20(19(17)15-18)23-12-4-9-21-10-13-22-14-11-21/h3,5-8,15-16H,4,9-14H2,1-2H3. The third kappa shape index (κ3) is 4.24. The van der Waals surface area contributed by atoms with Gasteiger partial charge in [0.2, 0.25) is 0 Å². The molecule has 0 amide bonds. The average molecular weight is 313 g/mol. The van der Waals surface area contributed by atoms with Gasteiger partial charge in [0.05, 0.1) is 19.8 Å². The molecule has 1 fully saturated rings. The normalized spacial score (nSPS) is 16.1. The van der Waals surface area contributed by atoms with Crippen LogP contribution in [-0.2, 0) is 4.74 Å². The lowest BCUT2D eigenvalue weighted by atomic mass is 9.99. The second-order valence-corrected chi connectivity index (χ2v) is 6.55. The van der Waals surface area contributed by atoms with Crippen LogP contribution >= 0.6 is 0 Å². The van der Waals surface area contributed by atoms with E-state index < -0.39 is 0 Å². The molecule has 0 aromatic heterocycles. The summed E-state index contributed by atoms with van der Waals surface area (Å²) in [6.07, 6.45) is 1.06. The summed E-state index contributed by atoms with van der Waals surface area (Å²) in [6.45, 7) is 10.1. The van der Waals surface area contributed by atoms with Gasteiger partial charge in [-0.25, -0.2) is 0 Å². The molecule has 23 heavy (non-hydrogen) atoms. The molecule has 0 aliphatic carbocycles. The number of hydrogen-bond acceptors (Lipinski definition) is 3. The third-order valence-corrected chi connectivity index (χ3v) is 4.51. The van der Waals surface area contributed by atoms with E-state index in [1.807, 2.05) is 0 Å². The van der Waals surface area contributed by atoms with Crippen molar-refractivity contribution in [2.24, 2.45) is 0 Å². The van der Waals surface area contributed by atoms with Gasteiger partial charge in [0.1, 0.15) is 5.75 Å². The van der Waals surface area contributed by atoms with E-state index in [2.05, 4.69) is 55.1 Å². The molecule has 1 aliphatic rings. The molecule has 2 aromatic rings. The molecule has 124 valence electrons. The van der Waals surface area contributed by atoms with Crippen molar-refractivity contribution in [2.75, 3.05) is 39.5 Å². The summed E-state index contributed by atoms with van der Waals surface area (Å²) < 4.78 is 11.5. The number of morpholine rings is 1.